The third kappa shape index (κ3) is 4.47. The number of nitrogens with zero attached hydrogens (tertiary/aromatic N) is 4. The van der Waals surface area contributed by atoms with Gasteiger partial charge in [0.1, 0.15) is 11.4 Å². The van der Waals surface area contributed by atoms with Crippen molar-refractivity contribution in [3.63, 3.8) is 0 Å². The normalized spacial score (nSPS) is 10.6. The van der Waals surface area contributed by atoms with Gasteiger partial charge in [0.2, 0.25) is 5.16 Å². The Hall–Kier alpha value is -3.58. The van der Waals surface area contributed by atoms with Crippen molar-refractivity contribution in [1.29, 1.82) is 0 Å². The molecule has 0 aliphatic heterocycles. The maximum Gasteiger partial charge on any atom is 0.269 e. The maximum atomic E-state index is 11.0. The summed E-state index contributed by atoms with van der Waals surface area (Å²) in [7, 11) is 0. The molecule has 0 bridgehead atoms. The molecule has 4 rings (SSSR count). The molecule has 0 N–H and O–H groups in total. The van der Waals surface area contributed by atoms with Crippen molar-refractivity contribution in [2.24, 2.45) is 0 Å². The van der Waals surface area contributed by atoms with Crippen LogP contribution in [0.3, 0.4) is 0 Å². The minimum absolute atomic E-state index is 0.0755. The molecule has 142 valence electrons. The van der Waals surface area contributed by atoms with Crippen LogP contribution in [0, 0.1) is 10.1 Å². The Bertz CT molecular complexity index is 1140. The van der Waals surface area contributed by atoms with Crippen LogP contribution >= 0.6 is 11.8 Å². The van der Waals surface area contributed by atoms with Gasteiger partial charge in [0.15, 0.2) is 0 Å². The molecule has 0 fully saturated rings. The first-order chi connectivity index (χ1) is 14.2. The van der Waals surface area contributed by atoms with E-state index in [9.17, 15) is 10.1 Å². The van der Waals surface area contributed by atoms with Gasteiger partial charge in [0.25, 0.3) is 5.69 Å². The number of thioether (sulfide) groups is 1. The van der Waals surface area contributed by atoms with Crippen LogP contribution in [0.15, 0.2) is 90.1 Å². The molecule has 0 saturated carbocycles. The number of rotatable bonds is 6. The summed E-state index contributed by atoms with van der Waals surface area (Å²) < 4.78 is 0. The molecule has 0 saturated heterocycles. The maximum absolute atomic E-state index is 11.0. The van der Waals surface area contributed by atoms with Crippen LogP contribution in [0.5, 0.6) is 0 Å². The van der Waals surface area contributed by atoms with Crippen LogP contribution in [0.4, 0.5) is 5.69 Å². The zero-order chi connectivity index (χ0) is 20.1. The Balaban J connectivity index is 1.65. The van der Waals surface area contributed by atoms with E-state index in [4.69, 9.17) is 4.98 Å². The fourth-order valence-electron chi connectivity index (χ4n) is 2.87. The van der Waals surface area contributed by atoms with E-state index in [1.807, 2.05) is 66.7 Å². The molecule has 0 unspecified atom stereocenters. The van der Waals surface area contributed by atoms with E-state index in [1.165, 1.54) is 17.8 Å². The highest BCUT2D eigenvalue weighted by Gasteiger charge is 2.14. The SMILES string of the molecule is O=[N+]([O-])c1cccc(CSc2nnc(-c3ccccc3)c(-c3ccccc3)n2)c1. The summed E-state index contributed by atoms with van der Waals surface area (Å²) in [6.45, 7) is 0. The van der Waals surface area contributed by atoms with Crippen molar-refractivity contribution in [2.45, 2.75) is 10.9 Å². The van der Waals surface area contributed by atoms with Crippen LogP contribution in [-0.2, 0) is 5.75 Å². The number of nitro groups is 1. The van der Waals surface area contributed by atoms with Crippen molar-refractivity contribution in [3.8, 4) is 22.5 Å². The molecule has 4 aromatic rings. The van der Waals surface area contributed by atoms with E-state index in [2.05, 4.69) is 10.2 Å². The summed E-state index contributed by atoms with van der Waals surface area (Å²) in [5.41, 5.74) is 4.29. The highest BCUT2D eigenvalue weighted by atomic mass is 32.2. The van der Waals surface area contributed by atoms with Gasteiger partial charge in [-0.05, 0) is 5.56 Å². The highest BCUT2D eigenvalue weighted by Crippen LogP contribution is 2.30. The van der Waals surface area contributed by atoms with Crippen molar-refractivity contribution >= 4 is 17.4 Å². The molecule has 1 heterocycles. The Kier molecular flexibility index (Phi) is 5.58. The molecule has 0 atom stereocenters. The smallest absolute Gasteiger partial charge is 0.258 e. The van der Waals surface area contributed by atoms with Gasteiger partial charge in [-0.3, -0.25) is 10.1 Å². The summed E-state index contributed by atoms with van der Waals surface area (Å²) >= 11 is 1.40. The third-order valence-corrected chi connectivity index (χ3v) is 5.16. The zero-order valence-electron chi connectivity index (χ0n) is 15.3. The number of non-ortho nitro benzene ring substituents is 1. The molecule has 0 amide bonds. The predicted octanol–water partition coefficient (Wildman–Crippen LogP) is 5.41. The van der Waals surface area contributed by atoms with Crippen LogP contribution in [0.2, 0.25) is 0 Å². The quantitative estimate of drug-likeness (QED) is 0.245. The number of benzene rings is 3. The van der Waals surface area contributed by atoms with Gasteiger partial charge in [0.05, 0.1) is 4.92 Å². The summed E-state index contributed by atoms with van der Waals surface area (Å²) in [5.74, 6) is 0.516. The second-order valence-corrected chi connectivity index (χ2v) is 7.18. The lowest BCUT2D eigenvalue weighted by molar-refractivity contribution is -0.384. The average Bonchev–Trinajstić information content (AvgIpc) is 2.79. The predicted molar refractivity (Wildman–Crippen MR) is 113 cm³/mol. The summed E-state index contributed by atoms with van der Waals surface area (Å²) in [6.07, 6.45) is 0. The number of hydrogen-bond acceptors (Lipinski definition) is 6. The van der Waals surface area contributed by atoms with E-state index in [-0.39, 0.29) is 5.69 Å². The van der Waals surface area contributed by atoms with E-state index >= 15 is 0 Å². The van der Waals surface area contributed by atoms with E-state index in [0.29, 0.717) is 10.9 Å². The second kappa shape index (κ2) is 8.62. The Labute approximate surface area is 171 Å². The monoisotopic (exact) mass is 400 g/mol. The lowest BCUT2D eigenvalue weighted by atomic mass is 10.0. The van der Waals surface area contributed by atoms with Crippen LogP contribution in [0.25, 0.3) is 22.5 Å². The average molecular weight is 400 g/mol. The molecule has 0 spiro atoms. The number of hydrogen-bond donors (Lipinski definition) is 0. The fourth-order valence-corrected chi connectivity index (χ4v) is 3.60. The fraction of sp³-hybridized carbons (Fsp3) is 0.0455. The molecule has 1 aromatic heterocycles. The summed E-state index contributed by atoms with van der Waals surface area (Å²) in [4.78, 5) is 15.3. The highest BCUT2D eigenvalue weighted by molar-refractivity contribution is 7.98. The molecule has 7 heteroatoms. The van der Waals surface area contributed by atoms with Crippen molar-refractivity contribution in [3.05, 3.63) is 101 Å². The van der Waals surface area contributed by atoms with Gasteiger partial charge in [-0.1, -0.05) is 84.6 Å². The van der Waals surface area contributed by atoms with Crippen molar-refractivity contribution in [1.82, 2.24) is 15.2 Å². The number of nitro benzene ring substituents is 1. The van der Waals surface area contributed by atoms with Crippen molar-refractivity contribution < 1.29 is 4.92 Å². The van der Waals surface area contributed by atoms with Gasteiger partial charge < -0.3 is 0 Å². The first kappa shape index (κ1) is 18.8. The van der Waals surface area contributed by atoms with E-state index < -0.39 is 4.92 Å². The molecule has 29 heavy (non-hydrogen) atoms. The summed E-state index contributed by atoms with van der Waals surface area (Å²) in [6, 6.07) is 26.3. The molecular formula is C22H16N4O2S. The first-order valence-electron chi connectivity index (χ1n) is 8.92. The van der Waals surface area contributed by atoms with Gasteiger partial charge in [0, 0.05) is 29.0 Å². The Morgan fingerprint density at radius 2 is 1.45 bits per heavy atom. The Morgan fingerprint density at radius 1 is 0.793 bits per heavy atom. The van der Waals surface area contributed by atoms with E-state index in [0.717, 1.165) is 28.1 Å². The Morgan fingerprint density at radius 3 is 2.10 bits per heavy atom. The molecule has 0 aliphatic rings. The van der Waals surface area contributed by atoms with Gasteiger partial charge >= 0.3 is 0 Å². The minimum atomic E-state index is -0.394. The van der Waals surface area contributed by atoms with Gasteiger partial charge in [-0.25, -0.2) is 4.98 Å². The van der Waals surface area contributed by atoms with Crippen LogP contribution in [-0.4, -0.2) is 20.1 Å². The van der Waals surface area contributed by atoms with E-state index in [1.54, 1.807) is 12.1 Å². The first-order valence-corrected chi connectivity index (χ1v) is 9.91. The van der Waals surface area contributed by atoms with Crippen LogP contribution in [0.1, 0.15) is 5.56 Å². The second-order valence-electron chi connectivity index (χ2n) is 6.24. The number of aromatic nitrogens is 3. The lowest BCUT2D eigenvalue weighted by Crippen LogP contribution is -1.99. The molecule has 0 aliphatic carbocycles. The topological polar surface area (TPSA) is 81.8 Å². The van der Waals surface area contributed by atoms with Crippen molar-refractivity contribution in [2.75, 3.05) is 0 Å². The zero-order valence-corrected chi connectivity index (χ0v) is 16.1. The third-order valence-electron chi connectivity index (χ3n) is 4.25. The van der Waals surface area contributed by atoms with Gasteiger partial charge in [-0.2, -0.15) is 0 Å². The molecular weight excluding hydrogens is 384 g/mol. The largest absolute Gasteiger partial charge is 0.269 e. The molecule has 3 aromatic carbocycles. The standard InChI is InChI=1S/C22H16N4O2S/c27-26(28)19-13-7-8-16(14-19)15-29-22-23-20(17-9-3-1-4-10-17)21(24-25-22)18-11-5-2-6-12-18/h1-14H,15H2. The molecule has 6 nitrogen and oxygen atoms in total. The molecule has 0 radical (unpaired) electrons. The van der Waals surface area contributed by atoms with Gasteiger partial charge in [-0.15, -0.1) is 10.2 Å². The lowest BCUT2D eigenvalue weighted by Gasteiger charge is -2.09. The minimum Gasteiger partial charge on any atom is -0.258 e. The van der Waals surface area contributed by atoms with Crippen LogP contribution < -0.4 is 0 Å². The summed E-state index contributed by atoms with van der Waals surface area (Å²) in [5, 5.41) is 20.2.